The molecule has 2 N–H and O–H groups in total. The third kappa shape index (κ3) is 4.45. The minimum Gasteiger partial charge on any atom is -0.332 e. The van der Waals surface area contributed by atoms with Crippen LogP contribution in [-0.2, 0) is 9.59 Å². The molecule has 20 heavy (non-hydrogen) atoms. The molecule has 6 heteroatoms. The predicted molar refractivity (Wildman–Crippen MR) is 85.6 cm³/mol. The SMILES string of the molecule is CC(=O)N1CC[NH+](CC(=O)Nc2cccc(I)c2)CC1. The third-order valence-electron chi connectivity index (χ3n) is 3.43. The topological polar surface area (TPSA) is 53.9 Å². The smallest absolute Gasteiger partial charge is 0.279 e. The van der Waals surface area contributed by atoms with E-state index in [0.29, 0.717) is 6.54 Å². The number of hydrogen-bond acceptors (Lipinski definition) is 2. The highest BCUT2D eigenvalue weighted by atomic mass is 127. The monoisotopic (exact) mass is 388 g/mol. The number of quaternary nitrogens is 1. The molecule has 5 nitrogen and oxygen atoms in total. The molecule has 0 aromatic heterocycles. The van der Waals surface area contributed by atoms with Gasteiger partial charge in [0.25, 0.3) is 5.91 Å². The lowest BCUT2D eigenvalue weighted by molar-refractivity contribution is -0.895. The molecule has 1 fully saturated rings. The van der Waals surface area contributed by atoms with Gasteiger partial charge in [-0.1, -0.05) is 6.07 Å². The molecule has 1 heterocycles. The van der Waals surface area contributed by atoms with Crippen LogP contribution >= 0.6 is 22.6 Å². The lowest BCUT2D eigenvalue weighted by Gasteiger charge is -2.31. The minimum absolute atomic E-state index is 0.0262. The summed E-state index contributed by atoms with van der Waals surface area (Å²) in [4.78, 5) is 26.3. The standard InChI is InChI=1S/C14H18IN3O2/c1-11(19)18-7-5-17(6-8-18)10-14(20)16-13-4-2-3-12(15)9-13/h2-4,9H,5-8,10H2,1H3,(H,16,20)/p+1. The number of anilines is 1. The number of amides is 2. The number of hydrogen-bond donors (Lipinski definition) is 2. The number of benzene rings is 1. The molecular formula is C14H19IN3O2+. The second kappa shape index (κ2) is 7.03. The van der Waals surface area contributed by atoms with Crippen LogP contribution in [0.4, 0.5) is 5.69 Å². The Bertz CT molecular complexity index is 499. The van der Waals surface area contributed by atoms with Crippen molar-refractivity contribution in [2.75, 3.05) is 38.0 Å². The van der Waals surface area contributed by atoms with Crippen LogP contribution in [-0.4, -0.2) is 49.4 Å². The first-order valence-corrected chi connectivity index (χ1v) is 7.77. The first-order valence-electron chi connectivity index (χ1n) is 6.69. The van der Waals surface area contributed by atoms with Gasteiger partial charge in [0.05, 0.1) is 26.2 Å². The first-order chi connectivity index (χ1) is 9.54. The maximum atomic E-state index is 12.0. The summed E-state index contributed by atoms with van der Waals surface area (Å²) in [6.45, 7) is 5.19. The van der Waals surface area contributed by atoms with E-state index >= 15 is 0 Å². The Morgan fingerprint density at radius 3 is 2.65 bits per heavy atom. The summed E-state index contributed by atoms with van der Waals surface area (Å²) in [5, 5.41) is 2.92. The van der Waals surface area contributed by atoms with E-state index in [-0.39, 0.29) is 11.8 Å². The molecule has 1 saturated heterocycles. The Balaban J connectivity index is 1.80. The third-order valence-corrected chi connectivity index (χ3v) is 4.11. The molecule has 0 unspecified atom stereocenters. The fourth-order valence-corrected chi connectivity index (χ4v) is 2.86. The van der Waals surface area contributed by atoms with E-state index in [1.165, 1.54) is 4.90 Å². The molecule has 1 aromatic carbocycles. The highest BCUT2D eigenvalue weighted by Gasteiger charge is 2.23. The van der Waals surface area contributed by atoms with Crippen LogP contribution in [0.15, 0.2) is 24.3 Å². The van der Waals surface area contributed by atoms with Gasteiger partial charge in [-0.25, -0.2) is 0 Å². The summed E-state index contributed by atoms with van der Waals surface area (Å²) in [5.74, 6) is 0.144. The van der Waals surface area contributed by atoms with Crippen molar-refractivity contribution in [3.8, 4) is 0 Å². The fraction of sp³-hybridized carbons (Fsp3) is 0.429. The Labute approximate surface area is 132 Å². The number of carbonyl (C=O) groups excluding carboxylic acids is 2. The molecule has 1 aromatic rings. The molecule has 108 valence electrons. The zero-order valence-corrected chi connectivity index (χ0v) is 13.6. The van der Waals surface area contributed by atoms with Crippen LogP contribution in [0.25, 0.3) is 0 Å². The molecule has 0 bridgehead atoms. The van der Waals surface area contributed by atoms with Gasteiger partial charge in [-0.05, 0) is 40.8 Å². The van der Waals surface area contributed by atoms with Crippen molar-refractivity contribution in [3.63, 3.8) is 0 Å². The summed E-state index contributed by atoms with van der Waals surface area (Å²) in [6, 6.07) is 7.75. The molecular weight excluding hydrogens is 369 g/mol. The maximum Gasteiger partial charge on any atom is 0.279 e. The van der Waals surface area contributed by atoms with Crippen LogP contribution in [0, 0.1) is 3.57 Å². The van der Waals surface area contributed by atoms with Crippen molar-refractivity contribution in [1.82, 2.24) is 4.90 Å². The number of carbonyl (C=O) groups is 2. The van der Waals surface area contributed by atoms with Crippen LogP contribution in [0.5, 0.6) is 0 Å². The molecule has 1 aliphatic rings. The van der Waals surface area contributed by atoms with Crippen LogP contribution in [0.3, 0.4) is 0 Å². The number of halogens is 1. The Morgan fingerprint density at radius 1 is 1.35 bits per heavy atom. The second-order valence-corrected chi connectivity index (χ2v) is 6.24. The van der Waals surface area contributed by atoms with Gasteiger partial charge in [-0.15, -0.1) is 0 Å². The van der Waals surface area contributed by atoms with Crippen LogP contribution in [0.2, 0.25) is 0 Å². The van der Waals surface area contributed by atoms with Crippen LogP contribution < -0.4 is 10.2 Å². The van der Waals surface area contributed by atoms with Gasteiger partial charge in [0.2, 0.25) is 5.91 Å². The van der Waals surface area contributed by atoms with Gasteiger partial charge in [-0.3, -0.25) is 9.59 Å². The molecule has 0 radical (unpaired) electrons. The molecule has 0 aliphatic carbocycles. The molecule has 0 saturated carbocycles. The van der Waals surface area contributed by atoms with E-state index in [1.807, 2.05) is 29.2 Å². The van der Waals surface area contributed by atoms with Gasteiger partial charge in [0.15, 0.2) is 6.54 Å². The number of rotatable bonds is 3. The maximum absolute atomic E-state index is 12.0. The zero-order chi connectivity index (χ0) is 14.5. The van der Waals surface area contributed by atoms with E-state index in [2.05, 4.69) is 27.9 Å². The first kappa shape index (κ1) is 15.2. The average Bonchev–Trinajstić information content (AvgIpc) is 2.39. The average molecular weight is 388 g/mol. The van der Waals surface area contributed by atoms with E-state index in [1.54, 1.807) is 6.92 Å². The lowest BCUT2D eigenvalue weighted by Crippen LogP contribution is -3.15. The van der Waals surface area contributed by atoms with Crippen molar-refractivity contribution in [3.05, 3.63) is 27.8 Å². The predicted octanol–water partition coefficient (Wildman–Crippen LogP) is -0.0233. The van der Waals surface area contributed by atoms with Crippen molar-refractivity contribution in [2.24, 2.45) is 0 Å². The van der Waals surface area contributed by atoms with Crippen molar-refractivity contribution < 1.29 is 14.5 Å². The zero-order valence-electron chi connectivity index (χ0n) is 11.5. The largest absolute Gasteiger partial charge is 0.332 e. The number of nitrogens with one attached hydrogen (secondary N) is 2. The summed E-state index contributed by atoms with van der Waals surface area (Å²) < 4.78 is 1.10. The van der Waals surface area contributed by atoms with Crippen molar-refractivity contribution in [1.29, 1.82) is 0 Å². The molecule has 2 rings (SSSR count). The summed E-state index contributed by atoms with van der Waals surface area (Å²) in [6.07, 6.45) is 0. The highest BCUT2D eigenvalue weighted by Crippen LogP contribution is 2.11. The Hall–Kier alpha value is -1.15. The number of nitrogens with zero attached hydrogens (tertiary/aromatic N) is 1. The van der Waals surface area contributed by atoms with E-state index in [4.69, 9.17) is 0 Å². The fourth-order valence-electron chi connectivity index (χ4n) is 2.31. The van der Waals surface area contributed by atoms with Crippen LogP contribution in [0.1, 0.15) is 6.92 Å². The summed E-state index contributed by atoms with van der Waals surface area (Å²) in [5.41, 5.74) is 0.837. The summed E-state index contributed by atoms with van der Waals surface area (Å²) in [7, 11) is 0. The summed E-state index contributed by atoms with van der Waals surface area (Å²) >= 11 is 2.22. The van der Waals surface area contributed by atoms with Gasteiger partial charge >= 0.3 is 0 Å². The molecule has 0 spiro atoms. The molecule has 0 atom stereocenters. The van der Waals surface area contributed by atoms with E-state index in [9.17, 15) is 9.59 Å². The lowest BCUT2D eigenvalue weighted by atomic mass is 10.3. The van der Waals surface area contributed by atoms with Gasteiger partial charge < -0.3 is 15.1 Å². The Kier molecular flexibility index (Phi) is 5.36. The van der Waals surface area contributed by atoms with E-state index < -0.39 is 0 Å². The highest BCUT2D eigenvalue weighted by molar-refractivity contribution is 14.1. The van der Waals surface area contributed by atoms with E-state index in [0.717, 1.165) is 35.4 Å². The van der Waals surface area contributed by atoms with Gasteiger partial charge in [0, 0.05) is 16.2 Å². The Morgan fingerprint density at radius 2 is 2.05 bits per heavy atom. The molecule has 2 amide bonds. The normalized spacial score (nSPS) is 16.0. The van der Waals surface area contributed by atoms with Crippen molar-refractivity contribution in [2.45, 2.75) is 6.92 Å². The second-order valence-electron chi connectivity index (χ2n) is 4.99. The van der Waals surface area contributed by atoms with Gasteiger partial charge in [0.1, 0.15) is 0 Å². The quantitative estimate of drug-likeness (QED) is 0.716. The van der Waals surface area contributed by atoms with Crippen molar-refractivity contribution >= 4 is 40.1 Å². The van der Waals surface area contributed by atoms with Gasteiger partial charge in [-0.2, -0.15) is 0 Å². The minimum atomic E-state index is 0.0262. The molecule has 1 aliphatic heterocycles. The number of piperazine rings is 1.